The maximum absolute atomic E-state index is 13.5. The number of furan rings is 1. The lowest BCUT2D eigenvalue weighted by atomic mass is 10.0. The van der Waals surface area contributed by atoms with Crippen LogP contribution in [0, 0.1) is 5.82 Å². The van der Waals surface area contributed by atoms with Crippen LogP contribution in [-0.4, -0.2) is 39.2 Å². The molecule has 0 aliphatic carbocycles. The van der Waals surface area contributed by atoms with Gasteiger partial charge in [-0.1, -0.05) is 19.1 Å². The highest BCUT2D eigenvalue weighted by atomic mass is 32.2. The molecule has 2 aromatic heterocycles. The van der Waals surface area contributed by atoms with Crippen molar-refractivity contribution in [3.05, 3.63) is 77.1 Å². The molecule has 37 heavy (non-hydrogen) atoms. The molecule has 194 valence electrons. The van der Waals surface area contributed by atoms with Gasteiger partial charge < -0.3 is 14.5 Å². The summed E-state index contributed by atoms with van der Waals surface area (Å²) < 4.78 is 52.9. The fourth-order valence-corrected chi connectivity index (χ4v) is 5.13. The summed E-state index contributed by atoms with van der Waals surface area (Å²) in [5.41, 5.74) is 2.47. The topological polar surface area (TPSA) is 111 Å². The molecule has 2 N–H and O–H groups in total. The zero-order valence-corrected chi connectivity index (χ0v) is 21.6. The number of nitrogens with zero attached hydrogens (tertiary/aromatic N) is 1. The molecule has 0 spiro atoms. The van der Waals surface area contributed by atoms with Gasteiger partial charge in [0.1, 0.15) is 23.1 Å². The Kier molecular flexibility index (Phi) is 7.77. The number of benzene rings is 2. The van der Waals surface area contributed by atoms with Crippen LogP contribution in [0.4, 0.5) is 10.2 Å². The molecular weight excluding hydrogens is 497 g/mol. The summed E-state index contributed by atoms with van der Waals surface area (Å²) in [6.07, 6.45) is 1.48. The third-order valence-corrected chi connectivity index (χ3v) is 7.32. The number of aryl methyl sites for hydroxylation is 2. The number of aromatic nitrogens is 1. The van der Waals surface area contributed by atoms with Gasteiger partial charge in [-0.05, 0) is 72.9 Å². The molecule has 0 bridgehead atoms. The van der Waals surface area contributed by atoms with Crippen LogP contribution in [0.5, 0.6) is 5.75 Å². The average molecular weight is 526 g/mol. The summed E-state index contributed by atoms with van der Waals surface area (Å²) in [5.74, 6) is 0.215. The minimum absolute atomic E-state index is 0.0929. The normalized spacial score (nSPS) is 11.5. The molecule has 2 aromatic carbocycles. The molecule has 0 atom stereocenters. The predicted molar refractivity (Wildman–Crippen MR) is 141 cm³/mol. The fourth-order valence-electron chi connectivity index (χ4n) is 4.03. The lowest BCUT2D eigenvalue weighted by molar-refractivity contribution is 0.0964. The van der Waals surface area contributed by atoms with Crippen LogP contribution in [-0.2, 0) is 22.9 Å². The smallest absolute Gasteiger partial charge is 0.255 e. The highest BCUT2D eigenvalue weighted by molar-refractivity contribution is 7.92. The molecule has 0 radical (unpaired) electrons. The lowest BCUT2D eigenvalue weighted by Gasteiger charge is -2.11. The van der Waals surface area contributed by atoms with Crippen molar-refractivity contribution in [2.24, 2.45) is 0 Å². The van der Waals surface area contributed by atoms with E-state index >= 15 is 0 Å². The number of rotatable bonds is 10. The number of sulfonamides is 1. The Labute approximate surface area is 214 Å². The molecule has 1 amide bonds. The van der Waals surface area contributed by atoms with Gasteiger partial charge in [0.2, 0.25) is 15.7 Å². The minimum atomic E-state index is -3.70. The van der Waals surface area contributed by atoms with Crippen molar-refractivity contribution in [2.75, 3.05) is 24.6 Å². The largest absolute Gasteiger partial charge is 0.497 e. The van der Waals surface area contributed by atoms with E-state index in [0.29, 0.717) is 35.8 Å². The van der Waals surface area contributed by atoms with Crippen LogP contribution in [0.2, 0.25) is 0 Å². The monoisotopic (exact) mass is 525 g/mol. The molecule has 2 heterocycles. The second kappa shape index (κ2) is 11.0. The number of amides is 1. The van der Waals surface area contributed by atoms with Crippen molar-refractivity contribution in [3.63, 3.8) is 0 Å². The van der Waals surface area contributed by atoms with E-state index in [1.165, 1.54) is 31.3 Å². The summed E-state index contributed by atoms with van der Waals surface area (Å²) in [7, 11) is -0.610. The maximum atomic E-state index is 13.5. The van der Waals surface area contributed by atoms with E-state index in [4.69, 9.17) is 9.15 Å². The molecule has 4 aromatic rings. The summed E-state index contributed by atoms with van der Waals surface area (Å²) >= 11 is 0. The molecule has 10 heteroatoms. The van der Waals surface area contributed by atoms with E-state index in [2.05, 4.69) is 15.0 Å². The Hall–Kier alpha value is -3.92. The van der Waals surface area contributed by atoms with Crippen molar-refractivity contribution in [1.82, 2.24) is 10.3 Å². The van der Waals surface area contributed by atoms with Gasteiger partial charge in [0.15, 0.2) is 0 Å². The second-order valence-corrected chi connectivity index (χ2v) is 10.3. The van der Waals surface area contributed by atoms with Crippen LogP contribution in [0.15, 0.2) is 59.0 Å². The van der Waals surface area contributed by atoms with E-state index in [0.717, 1.165) is 11.3 Å². The first kappa shape index (κ1) is 26.2. The molecule has 4 rings (SSSR count). The maximum Gasteiger partial charge on any atom is 0.255 e. The molecule has 0 aliphatic heterocycles. The van der Waals surface area contributed by atoms with Crippen LogP contribution in [0.25, 0.3) is 22.4 Å². The Morgan fingerprint density at radius 3 is 2.43 bits per heavy atom. The van der Waals surface area contributed by atoms with E-state index in [9.17, 15) is 17.6 Å². The van der Waals surface area contributed by atoms with Gasteiger partial charge in [-0.25, -0.2) is 12.8 Å². The number of halogens is 1. The number of nitrogens with one attached hydrogen (secondary N) is 2. The summed E-state index contributed by atoms with van der Waals surface area (Å²) in [5, 5.41) is 3.04. The van der Waals surface area contributed by atoms with E-state index < -0.39 is 21.7 Å². The van der Waals surface area contributed by atoms with Gasteiger partial charge in [-0.15, -0.1) is 0 Å². The number of carbonyl (C=O) groups excluding carboxylic acids is 1. The SMILES string of the molecule is CCc1cc2c(C(=O)NC)c(-c3ccc(F)cc3)oc2nc1NS(=O)(=O)CCCc1ccc(OC)cc1. The summed E-state index contributed by atoms with van der Waals surface area (Å²) in [6, 6.07) is 14.8. The first-order valence-electron chi connectivity index (χ1n) is 11.8. The van der Waals surface area contributed by atoms with Crippen LogP contribution in [0.3, 0.4) is 0 Å². The number of methoxy groups -OCH3 is 1. The van der Waals surface area contributed by atoms with Crippen molar-refractivity contribution < 1.29 is 26.8 Å². The molecule has 0 aliphatic rings. The number of hydrogen-bond donors (Lipinski definition) is 2. The highest BCUT2D eigenvalue weighted by Crippen LogP contribution is 2.35. The number of ether oxygens (including phenoxy) is 1. The highest BCUT2D eigenvalue weighted by Gasteiger charge is 2.25. The Balaban J connectivity index is 1.61. The van der Waals surface area contributed by atoms with Crippen molar-refractivity contribution in [2.45, 2.75) is 26.2 Å². The standard InChI is InChI=1S/C27H28FN3O5S/c1-4-18-16-22-23(26(32)29-2)24(19-9-11-20(28)12-10-19)36-27(22)30-25(18)31-37(33,34)15-5-6-17-7-13-21(35-3)14-8-17/h7-14,16H,4-6,15H2,1-3H3,(H,29,32)(H,30,31). The second-order valence-electron chi connectivity index (χ2n) is 8.47. The Morgan fingerprint density at radius 2 is 1.81 bits per heavy atom. The number of pyridine rings is 1. The van der Waals surface area contributed by atoms with E-state index in [1.807, 2.05) is 31.2 Å². The van der Waals surface area contributed by atoms with Crippen molar-refractivity contribution in [3.8, 4) is 17.1 Å². The van der Waals surface area contributed by atoms with Gasteiger partial charge in [0, 0.05) is 12.6 Å². The van der Waals surface area contributed by atoms with Crippen LogP contribution in [0.1, 0.15) is 34.8 Å². The number of hydrogen-bond acceptors (Lipinski definition) is 6. The van der Waals surface area contributed by atoms with E-state index in [1.54, 1.807) is 13.2 Å². The summed E-state index contributed by atoms with van der Waals surface area (Å²) in [4.78, 5) is 17.2. The number of carbonyl (C=O) groups is 1. The lowest BCUT2D eigenvalue weighted by Crippen LogP contribution is -2.19. The molecule has 0 saturated carbocycles. The fraction of sp³-hybridized carbons (Fsp3) is 0.259. The van der Waals surface area contributed by atoms with E-state index in [-0.39, 0.29) is 28.6 Å². The minimum Gasteiger partial charge on any atom is -0.497 e. The van der Waals surface area contributed by atoms with Gasteiger partial charge in [-0.2, -0.15) is 4.98 Å². The third kappa shape index (κ3) is 5.91. The zero-order valence-electron chi connectivity index (χ0n) is 20.8. The van der Waals surface area contributed by atoms with Crippen LogP contribution >= 0.6 is 0 Å². The van der Waals surface area contributed by atoms with Gasteiger partial charge in [0.05, 0.1) is 23.8 Å². The molecular formula is C27H28FN3O5S. The Bertz CT molecular complexity index is 1510. The average Bonchev–Trinajstić information content (AvgIpc) is 3.26. The predicted octanol–water partition coefficient (Wildman–Crippen LogP) is 4.94. The van der Waals surface area contributed by atoms with Crippen molar-refractivity contribution >= 4 is 32.8 Å². The van der Waals surface area contributed by atoms with Crippen molar-refractivity contribution in [1.29, 1.82) is 0 Å². The third-order valence-electron chi connectivity index (χ3n) is 5.99. The first-order valence-corrected chi connectivity index (χ1v) is 13.5. The van der Waals surface area contributed by atoms with Crippen LogP contribution < -0.4 is 14.8 Å². The molecule has 8 nitrogen and oxygen atoms in total. The first-order chi connectivity index (χ1) is 17.7. The van der Waals surface area contributed by atoms with Gasteiger partial charge in [-0.3, -0.25) is 9.52 Å². The molecule has 0 unspecified atom stereocenters. The van der Waals surface area contributed by atoms with Gasteiger partial charge >= 0.3 is 0 Å². The Morgan fingerprint density at radius 1 is 1.11 bits per heavy atom. The quantitative estimate of drug-likeness (QED) is 0.304. The molecule has 0 saturated heterocycles. The zero-order chi connectivity index (χ0) is 26.6. The molecule has 0 fully saturated rings. The van der Waals surface area contributed by atoms with Gasteiger partial charge in [0.25, 0.3) is 5.91 Å². The summed E-state index contributed by atoms with van der Waals surface area (Å²) in [6.45, 7) is 1.87. The number of fused-ring (bicyclic) bond motifs is 1. The number of anilines is 1.